The van der Waals surface area contributed by atoms with Crippen molar-refractivity contribution in [1.29, 1.82) is 0 Å². The third-order valence-corrected chi connectivity index (χ3v) is 7.02. The molecule has 6 heteroatoms. The van der Waals surface area contributed by atoms with E-state index in [9.17, 15) is 9.59 Å². The number of carbonyl (C=O) groups is 2. The van der Waals surface area contributed by atoms with Crippen molar-refractivity contribution in [1.82, 2.24) is 5.32 Å². The molecule has 0 unspecified atom stereocenters. The molecule has 0 atom stereocenters. The highest BCUT2D eigenvalue weighted by atomic mass is 32.2. The van der Waals surface area contributed by atoms with E-state index in [1.807, 2.05) is 54.3 Å². The molecule has 1 aliphatic rings. The van der Waals surface area contributed by atoms with E-state index in [-0.39, 0.29) is 11.8 Å². The number of rotatable bonds is 8. The minimum Gasteiger partial charge on any atom is -0.382 e. The second kappa shape index (κ2) is 10.9. The van der Waals surface area contributed by atoms with E-state index >= 15 is 0 Å². The molecule has 0 aromatic heterocycles. The van der Waals surface area contributed by atoms with Gasteiger partial charge in [0.25, 0.3) is 11.8 Å². The highest BCUT2D eigenvalue weighted by molar-refractivity contribution is 7.99. The Labute approximate surface area is 205 Å². The van der Waals surface area contributed by atoms with Crippen LogP contribution in [-0.2, 0) is 11.3 Å². The topological polar surface area (TPSA) is 58.6 Å². The highest BCUT2D eigenvalue weighted by Crippen LogP contribution is 2.42. The van der Waals surface area contributed by atoms with Crippen molar-refractivity contribution in [2.24, 2.45) is 0 Å². The van der Waals surface area contributed by atoms with Gasteiger partial charge in [0, 0.05) is 35.1 Å². The number of amides is 2. The number of aryl methyl sites for hydroxylation is 2. The Morgan fingerprint density at radius 3 is 2.68 bits per heavy atom. The number of fused-ring (bicyclic) bond motifs is 2. The van der Waals surface area contributed by atoms with Crippen LogP contribution in [0.25, 0.3) is 0 Å². The molecule has 4 rings (SSSR count). The maximum atomic E-state index is 13.8. The van der Waals surface area contributed by atoms with Gasteiger partial charge in [0.1, 0.15) is 0 Å². The Morgan fingerprint density at radius 1 is 1.03 bits per heavy atom. The second-order valence-corrected chi connectivity index (χ2v) is 9.49. The van der Waals surface area contributed by atoms with Gasteiger partial charge in [-0.15, -0.1) is 0 Å². The van der Waals surface area contributed by atoms with Crippen LogP contribution in [0.3, 0.4) is 0 Å². The number of benzene rings is 3. The summed E-state index contributed by atoms with van der Waals surface area (Å²) in [6.07, 6.45) is 0.757. The van der Waals surface area contributed by atoms with E-state index in [0.29, 0.717) is 37.4 Å². The molecule has 176 valence electrons. The van der Waals surface area contributed by atoms with Crippen molar-refractivity contribution in [2.45, 2.75) is 43.5 Å². The van der Waals surface area contributed by atoms with Crippen molar-refractivity contribution < 1.29 is 14.3 Å². The molecule has 3 aromatic rings. The van der Waals surface area contributed by atoms with Gasteiger partial charge < -0.3 is 15.0 Å². The Kier molecular flexibility index (Phi) is 7.70. The first-order chi connectivity index (χ1) is 16.5. The van der Waals surface area contributed by atoms with Crippen molar-refractivity contribution in [3.63, 3.8) is 0 Å². The molecule has 0 spiro atoms. The third kappa shape index (κ3) is 5.34. The SMILES string of the molecule is CCOCCCNC(=O)c1ccc2c(c1)N(Cc1cc(C)ccc1C)C(=O)c1ccccc1S2. The summed E-state index contributed by atoms with van der Waals surface area (Å²) < 4.78 is 5.34. The van der Waals surface area contributed by atoms with Crippen LogP contribution < -0.4 is 10.2 Å². The largest absolute Gasteiger partial charge is 0.382 e. The standard InChI is InChI=1S/C28H30N2O3S/c1-4-33-15-7-14-29-27(31)21-12-13-26-24(17-21)30(18-22-16-19(2)10-11-20(22)3)28(32)23-8-5-6-9-25(23)34-26/h5-6,8-13,16-17H,4,7,14-15,18H2,1-3H3,(H,29,31). The van der Waals surface area contributed by atoms with Crippen LogP contribution in [0.2, 0.25) is 0 Å². The lowest BCUT2D eigenvalue weighted by molar-refractivity contribution is 0.0941. The van der Waals surface area contributed by atoms with Crippen molar-refractivity contribution in [3.8, 4) is 0 Å². The Bertz CT molecular complexity index is 1210. The minimum absolute atomic E-state index is 0.0583. The van der Waals surface area contributed by atoms with Gasteiger partial charge in [-0.1, -0.05) is 47.7 Å². The third-order valence-electron chi connectivity index (χ3n) is 5.88. The molecular weight excluding hydrogens is 444 g/mol. The summed E-state index contributed by atoms with van der Waals surface area (Å²) in [6, 6.07) is 19.6. The van der Waals surface area contributed by atoms with Gasteiger partial charge in [-0.05, 0) is 68.7 Å². The Balaban J connectivity index is 1.69. The summed E-state index contributed by atoms with van der Waals surface area (Å²) >= 11 is 1.57. The first kappa shape index (κ1) is 24.0. The van der Waals surface area contributed by atoms with E-state index in [1.54, 1.807) is 11.8 Å². The molecule has 0 aliphatic carbocycles. The summed E-state index contributed by atoms with van der Waals surface area (Å²) in [6.45, 7) is 8.34. The van der Waals surface area contributed by atoms with Gasteiger partial charge >= 0.3 is 0 Å². The average molecular weight is 475 g/mol. The van der Waals surface area contributed by atoms with Crippen LogP contribution in [0.15, 0.2) is 70.5 Å². The summed E-state index contributed by atoms with van der Waals surface area (Å²) in [4.78, 5) is 30.3. The maximum Gasteiger partial charge on any atom is 0.259 e. The van der Waals surface area contributed by atoms with Gasteiger partial charge in [0.2, 0.25) is 0 Å². The van der Waals surface area contributed by atoms with Crippen molar-refractivity contribution in [2.75, 3.05) is 24.7 Å². The van der Waals surface area contributed by atoms with Gasteiger partial charge in [-0.25, -0.2) is 0 Å². The molecule has 2 amide bonds. The second-order valence-electron chi connectivity index (χ2n) is 8.41. The zero-order valence-corrected chi connectivity index (χ0v) is 20.7. The fourth-order valence-corrected chi connectivity index (χ4v) is 5.04. The molecule has 1 N–H and O–H groups in total. The van der Waals surface area contributed by atoms with Crippen LogP contribution in [0.1, 0.15) is 50.8 Å². The first-order valence-electron chi connectivity index (χ1n) is 11.6. The molecule has 3 aromatic carbocycles. The van der Waals surface area contributed by atoms with Gasteiger partial charge in [0.05, 0.1) is 17.8 Å². The fourth-order valence-electron chi connectivity index (χ4n) is 3.98. The van der Waals surface area contributed by atoms with Crippen LogP contribution >= 0.6 is 11.8 Å². The molecule has 0 saturated heterocycles. The number of ether oxygens (including phenoxy) is 1. The van der Waals surface area contributed by atoms with Crippen LogP contribution in [0, 0.1) is 13.8 Å². The van der Waals surface area contributed by atoms with E-state index in [1.165, 1.54) is 0 Å². The van der Waals surface area contributed by atoms with Gasteiger partial charge in [-0.3, -0.25) is 9.59 Å². The van der Waals surface area contributed by atoms with E-state index in [0.717, 1.165) is 38.6 Å². The zero-order chi connectivity index (χ0) is 24.1. The van der Waals surface area contributed by atoms with Crippen LogP contribution in [0.5, 0.6) is 0 Å². The number of hydrogen-bond acceptors (Lipinski definition) is 4. The highest BCUT2D eigenvalue weighted by Gasteiger charge is 2.28. The normalized spacial score (nSPS) is 12.7. The first-order valence-corrected chi connectivity index (χ1v) is 12.4. The lowest BCUT2D eigenvalue weighted by atomic mass is 10.0. The van der Waals surface area contributed by atoms with Crippen LogP contribution in [0.4, 0.5) is 5.69 Å². The molecule has 0 bridgehead atoms. The molecule has 0 saturated carbocycles. The van der Waals surface area contributed by atoms with Crippen molar-refractivity contribution in [3.05, 3.63) is 88.5 Å². The molecule has 5 nitrogen and oxygen atoms in total. The van der Waals surface area contributed by atoms with Crippen LogP contribution in [-0.4, -0.2) is 31.6 Å². The van der Waals surface area contributed by atoms with Crippen molar-refractivity contribution >= 4 is 29.3 Å². The van der Waals surface area contributed by atoms with E-state index in [4.69, 9.17) is 4.74 Å². The summed E-state index contributed by atoms with van der Waals surface area (Å²) in [5.74, 6) is -0.206. The van der Waals surface area contributed by atoms with Gasteiger partial charge in [-0.2, -0.15) is 0 Å². The summed E-state index contributed by atoms with van der Waals surface area (Å²) in [5.41, 5.74) is 5.35. The predicted octanol–water partition coefficient (Wildman–Crippen LogP) is 5.77. The molecule has 34 heavy (non-hydrogen) atoms. The number of hydrogen-bond donors (Lipinski definition) is 1. The average Bonchev–Trinajstić information content (AvgIpc) is 2.95. The lowest BCUT2D eigenvalue weighted by Crippen LogP contribution is -2.31. The zero-order valence-electron chi connectivity index (χ0n) is 19.9. The summed E-state index contributed by atoms with van der Waals surface area (Å²) in [5, 5.41) is 2.96. The van der Waals surface area contributed by atoms with E-state index in [2.05, 4.69) is 37.4 Å². The van der Waals surface area contributed by atoms with E-state index < -0.39 is 0 Å². The molecule has 1 aliphatic heterocycles. The number of carbonyl (C=O) groups excluding carboxylic acids is 2. The number of anilines is 1. The fraction of sp³-hybridized carbons (Fsp3) is 0.286. The molecule has 1 heterocycles. The Morgan fingerprint density at radius 2 is 1.85 bits per heavy atom. The quantitative estimate of drug-likeness (QED) is 0.421. The molecule has 0 radical (unpaired) electrons. The smallest absolute Gasteiger partial charge is 0.259 e. The minimum atomic E-state index is -0.148. The van der Waals surface area contributed by atoms with Gasteiger partial charge in [0.15, 0.2) is 0 Å². The predicted molar refractivity (Wildman–Crippen MR) is 137 cm³/mol. The number of nitrogens with one attached hydrogen (secondary N) is 1. The Hall–Kier alpha value is -3.09. The lowest BCUT2D eigenvalue weighted by Gasteiger charge is -2.25. The number of nitrogens with zero attached hydrogens (tertiary/aromatic N) is 1. The molecular formula is C28H30N2O3S. The summed E-state index contributed by atoms with van der Waals surface area (Å²) in [7, 11) is 0. The maximum absolute atomic E-state index is 13.8. The molecule has 0 fully saturated rings. The monoisotopic (exact) mass is 474 g/mol.